The second kappa shape index (κ2) is 6.80. The maximum absolute atomic E-state index is 10.9. The van der Waals surface area contributed by atoms with Crippen molar-refractivity contribution in [3.05, 3.63) is 48.0 Å². The molecule has 0 aromatic heterocycles. The van der Waals surface area contributed by atoms with Crippen molar-refractivity contribution in [2.75, 3.05) is 6.61 Å². The van der Waals surface area contributed by atoms with Gasteiger partial charge in [0, 0.05) is 6.61 Å². The predicted molar refractivity (Wildman–Crippen MR) is 62.5 cm³/mol. The van der Waals surface area contributed by atoms with Crippen LogP contribution in [0.1, 0.15) is 28.8 Å². The maximum atomic E-state index is 10.9. The number of carbonyl (C=O) groups is 1. The first-order valence-corrected chi connectivity index (χ1v) is 5.25. The lowest BCUT2D eigenvalue weighted by atomic mass is 10.1. The van der Waals surface area contributed by atoms with Crippen molar-refractivity contribution in [2.24, 2.45) is 0 Å². The van der Waals surface area contributed by atoms with Crippen LogP contribution in [0, 0.1) is 0 Å². The summed E-state index contributed by atoms with van der Waals surface area (Å²) in [6.07, 6.45) is 3.67. The molecule has 0 heterocycles. The Bertz CT molecular complexity index is 358. The van der Waals surface area contributed by atoms with Crippen molar-refractivity contribution in [3.63, 3.8) is 0 Å². The molecule has 1 N–H and O–H groups in total. The molecule has 1 aromatic carbocycles. The average Bonchev–Trinajstić information content (AvgIpc) is 2.29. The largest absolute Gasteiger partial charge is 0.478 e. The smallest absolute Gasteiger partial charge is 0.336 e. The fourth-order valence-electron chi connectivity index (χ4n) is 1.37. The Balaban J connectivity index is 2.47. The maximum Gasteiger partial charge on any atom is 0.336 e. The standard InChI is InChI=1S/C13H16O3/c1-2-3-6-9-16-10-11-7-4-5-8-12(11)13(14)15/h2,4-5,7-8H,1,3,6,9-10H2,(H,14,15). The molecule has 16 heavy (non-hydrogen) atoms. The highest BCUT2D eigenvalue weighted by atomic mass is 16.5. The fraction of sp³-hybridized carbons (Fsp3) is 0.308. The molecule has 0 aliphatic carbocycles. The second-order valence-electron chi connectivity index (χ2n) is 3.45. The molecule has 0 fully saturated rings. The summed E-state index contributed by atoms with van der Waals surface area (Å²) in [7, 11) is 0. The summed E-state index contributed by atoms with van der Waals surface area (Å²) < 4.78 is 5.40. The van der Waals surface area contributed by atoms with Crippen LogP contribution < -0.4 is 0 Å². The lowest BCUT2D eigenvalue weighted by molar-refractivity contribution is 0.0687. The van der Waals surface area contributed by atoms with E-state index in [1.807, 2.05) is 12.1 Å². The molecular formula is C13H16O3. The van der Waals surface area contributed by atoms with Gasteiger partial charge < -0.3 is 9.84 Å². The van der Waals surface area contributed by atoms with Gasteiger partial charge in [0.1, 0.15) is 0 Å². The second-order valence-corrected chi connectivity index (χ2v) is 3.45. The third kappa shape index (κ3) is 3.87. The Morgan fingerprint density at radius 1 is 1.44 bits per heavy atom. The monoisotopic (exact) mass is 220 g/mol. The number of benzene rings is 1. The molecule has 0 aliphatic heterocycles. The minimum atomic E-state index is -0.912. The highest BCUT2D eigenvalue weighted by Gasteiger charge is 2.08. The molecule has 0 radical (unpaired) electrons. The summed E-state index contributed by atoms with van der Waals surface area (Å²) in [6, 6.07) is 6.89. The van der Waals surface area contributed by atoms with E-state index in [1.165, 1.54) is 0 Å². The van der Waals surface area contributed by atoms with Crippen molar-refractivity contribution in [1.29, 1.82) is 0 Å². The molecule has 3 nitrogen and oxygen atoms in total. The van der Waals surface area contributed by atoms with Crippen LogP contribution in [-0.4, -0.2) is 17.7 Å². The summed E-state index contributed by atoms with van der Waals surface area (Å²) in [5.74, 6) is -0.912. The number of aromatic carboxylic acids is 1. The molecule has 86 valence electrons. The summed E-state index contributed by atoms with van der Waals surface area (Å²) in [4.78, 5) is 10.9. The molecule has 0 saturated carbocycles. The van der Waals surface area contributed by atoms with Crippen molar-refractivity contribution in [1.82, 2.24) is 0 Å². The van der Waals surface area contributed by atoms with Crippen LogP contribution in [0.25, 0.3) is 0 Å². The van der Waals surface area contributed by atoms with Gasteiger partial charge in [-0.2, -0.15) is 0 Å². The van der Waals surface area contributed by atoms with E-state index >= 15 is 0 Å². The Labute approximate surface area is 95.4 Å². The van der Waals surface area contributed by atoms with Crippen LogP contribution in [0.15, 0.2) is 36.9 Å². The van der Waals surface area contributed by atoms with Gasteiger partial charge in [-0.05, 0) is 24.5 Å². The van der Waals surface area contributed by atoms with E-state index in [-0.39, 0.29) is 0 Å². The molecule has 1 rings (SSSR count). The average molecular weight is 220 g/mol. The third-order valence-electron chi connectivity index (χ3n) is 2.20. The minimum absolute atomic E-state index is 0.311. The van der Waals surface area contributed by atoms with E-state index in [0.29, 0.717) is 24.3 Å². The van der Waals surface area contributed by atoms with Crippen molar-refractivity contribution in [2.45, 2.75) is 19.4 Å². The summed E-state index contributed by atoms with van der Waals surface area (Å²) in [5, 5.41) is 8.94. The van der Waals surface area contributed by atoms with Gasteiger partial charge >= 0.3 is 5.97 Å². The SMILES string of the molecule is C=CCCCOCc1ccccc1C(=O)O. The zero-order valence-corrected chi connectivity index (χ0v) is 9.19. The lowest BCUT2D eigenvalue weighted by Crippen LogP contribution is -2.04. The van der Waals surface area contributed by atoms with Crippen molar-refractivity contribution in [3.8, 4) is 0 Å². The third-order valence-corrected chi connectivity index (χ3v) is 2.20. The number of carboxylic acid groups (broad SMARTS) is 1. The van der Waals surface area contributed by atoms with Gasteiger partial charge in [0.05, 0.1) is 12.2 Å². The first-order chi connectivity index (χ1) is 7.75. The normalized spacial score (nSPS) is 10.0. The number of hydrogen-bond donors (Lipinski definition) is 1. The first-order valence-electron chi connectivity index (χ1n) is 5.25. The lowest BCUT2D eigenvalue weighted by Gasteiger charge is -2.06. The number of rotatable bonds is 7. The van der Waals surface area contributed by atoms with Crippen LogP contribution in [-0.2, 0) is 11.3 Å². The summed E-state index contributed by atoms with van der Waals surface area (Å²) in [6.45, 7) is 4.59. The van der Waals surface area contributed by atoms with E-state index in [4.69, 9.17) is 9.84 Å². The Kier molecular flexibility index (Phi) is 5.29. The first kappa shape index (κ1) is 12.5. The highest BCUT2D eigenvalue weighted by molar-refractivity contribution is 5.89. The van der Waals surface area contributed by atoms with Crippen LogP contribution in [0.4, 0.5) is 0 Å². The number of carboxylic acids is 1. The minimum Gasteiger partial charge on any atom is -0.478 e. The van der Waals surface area contributed by atoms with E-state index in [2.05, 4.69) is 6.58 Å². The molecule has 0 aliphatic rings. The zero-order valence-electron chi connectivity index (χ0n) is 9.19. The van der Waals surface area contributed by atoms with E-state index in [9.17, 15) is 4.79 Å². The van der Waals surface area contributed by atoms with Gasteiger partial charge in [0.25, 0.3) is 0 Å². The molecule has 0 spiro atoms. The van der Waals surface area contributed by atoms with Gasteiger partial charge in [0.15, 0.2) is 0 Å². The Hall–Kier alpha value is -1.61. The number of hydrogen-bond acceptors (Lipinski definition) is 2. The van der Waals surface area contributed by atoms with Gasteiger partial charge in [0.2, 0.25) is 0 Å². The number of unbranched alkanes of at least 4 members (excludes halogenated alkanes) is 1. The zero-order chi connectivity index (χ0) is 11.8. The van der Waals surface area contributed by atoms with E-state index in [1.54, 1.807) is 18.2 Å². The van der Waals surface area contributed by atoms with Crippen molar-refractivity contribution >= 4 is 5.97 Å². The predicted octanol–water partition coefficient (Wildman–Crippen LogP) is 2.87. The Morgan fingerprint density at radius 2 is 2.19 bits per heavy atom. The Morgan fingerprint density at radius 3 is 2.88 bits per heavy atom. The van der Waals surface area contributed by atoms with Crippen LogP contribution in [0.3, 0.4) is 0 Å². The number of allylic oxidation sites excluding steroid dienone is 1. The molecule has 0 bridgehead atoms. The summed E-state index contributed by atoms with van der Waals surface area (Å²) >= 11 is 0. The molecule has 1 aromatic rings. The van der Waals surface area contributed by atoms with Crippen molar-refractivity contribution < 1.29 is 14.6 Å². The van der Waals surface area contributed by atoms with Crippen LogP contribution in [0.5, 0.6) is 0 Å². The van der Waals surface area contributed by atoms with E-state index < -0.39 is 5.97 Å². The fourth-order valence-corrected chi connectivity index (χ4v) is 1.37. The highest BCUT2D eigenvalue weighted by Crippen LogP contribution is 2.10. The van der Waals surface area contributed by atoms with Crippen LogP contribution in [0.2, 0.25) is 0 Å². The van der Waals surface area contributed by atoms with Gasteiger partial charge in [-0.3, -0.25) is 0 Å². The topological polar surface area (TPSA) is 46.5 Å². The molecule has 0 unspecified atom stereocenters. The van der Waals surface area contributed by atoms with Gasteiger partial charge in [-0.25, -0.2) is 4.79 Å². The molecule has 0 amide bonds. The van der Waals surface area contributed by atoms with Gasteiger partial charge in [-0.1, -0.05) is 24.3 Å². The molecule has 3 heteroatoms. The van der Waals surface area contributed by atoms with Gasteiger partial charge in [-0.15, -0.1) is 6.58 Å². The quantitative estimate of drug-likeness (QED) is 0.567. The summed E-state index contributed by atoms with van der Waals surface area (Å²) in [5.41, 5.74) is 1.03. The van der Waals surface area contributed by atoms with Crippen LogP contribution >= 0.6 is 0 Å². The molecule has 0 saturated heterocycles. The molecule has 0 atom stereocenters. The molecular weight excluding hydrogens is 204 g/mol. The number of ether oxygens (including phenoxy) is 1. The van der Waals surface area contributed by atoms with E-state index in [0.717, 1.165) is 12.8 Å².